The van der Waals surface area contributed by atoms with Gasteiger partial charge in [-0.2, -0.15) is 12.6 Å². The van der Waals surface area contributed by atoms with Crippen LogP contribution in [0.4, 0.5) is 0 Å². The van der Waals surface area contributed by atoms with Crippen LogP contribution in [0.1, 0.15) is 13.3 Å². The lowest BCUT2D eigenvalue weighted by Gasteiger charge is -2.20. The van der Waals surface area contributed by atoms with Crippen molar-refractivity contribution in [2.75, 3.05) is 5.75 Å². The molecule has 0 aromatic heterocycles. The standard InChI is InChI=1S/C6H11NO3S2/c1-2-5(8)7(12)4(3-11)6(9)10/h4,11-12H,2-3H2,1H3,(H,9,10)/t4-/m0/s1. The number of carboxylic acids is 1. The van der Waals surface area contributed by atoms with Gasteiger partial charge in [-0.15, -0.1) is 0 Å². The van der Waals surface area contributed by atoms with Gasteiger partial charge in [0.1, 0.15) is 6.04 Å². The lowest BCUT2D eigenvalue weighted by Crippen LogP contribution is -2.40. The molecule has 0 fully saturated rings. The molecule has 4 nitrogen and oxygen atoms in total. The maximum Gasteiger partial charge on any atom is 0.328 e. The highest BCUT2D eigenvalue weighted by Crippen LogP contribution is 2.07. The molecule has 0 aliphatic heterocycles. The molecule has 1 atom stereocenters. The SMILES string of the molecule is CCC(=O)N(S)[C@@H](CS)C(=O)O. The average Bonchev–Trinajstić information content (AvgIpc) is 2.03. The Morgan fingerprint density at radius 1 is 1.58 bits per heavy atom. The first kappa shape index (κ1) is 11.6. The second-order valence-electron chi connectivity index (χ2n) is 2.13. The van der Waals surface area contributed by atoms with Gasteiger partial charge >= 0.3 is 5.97 Å². The predicted molar refractivity (Wildman–Crippen MR) is 51.4 cm³/mol. The van der Waals surface area contributed by atoms with Crippen molar-refractivity contribution in [1.82, 2.24) is 4.31 Å². The van der Waals surface area contributed by atoms with Crippen molar-refractivity contribution >= 4 is 37.3 Å². The minimum Gasteiger partial charge on any atom is -0.480 e. The number of aliphatic carboxylic acids is 1. The average molecular weight is 209 g/mol. The van der Waals surface area contributed by atoms with E-state index in [4.69, 9.17) is 5.11 Å². The molecule has 6 heteroatoms. The van der Waals surface area contributed by atoms with E-state index in [0.29, 0.717) is 0 Å². The summed E-state index contributed by atoms with van der Waals surface area (Å²) in [4.78, 5) is 21.5. The number of amides is 1. The fourth-order valence-corrected chi connectivity index (χ4v) is 1.37. The van der Waals surface area contributed by atoms with E-state index in [1.807, 2.05) is 0 Å². The normalized spacial score (nSPS) is 12.2. The first-order chi connectivity index (χ1) is 5.54. The van der Waals surface area contributed by atoms with E-state index in [1.54, 1.807) is 6.92 Å². The summed E-state index contributed by atoms with van der Waals surface area (Å²) in [5, 5.41) is 8.60. The van der Waals surface area contributed by atoms with Crippen molar-refractivity contribution in [3.8, 4) is 0 Å². The lowest BCUT2D eigenvalue weighted by molar-refractivity contribution is -0.144. The molecule has 0 rings (SSSR count). The van der Waals surface area contributed by atoms with Crippen LogP contribution < -0.4 is 0 Å². The summed E-state index contributed by atoms with van der Waals surface area (Å²) in [6.45, 7) is 1.64. The zero-order chi connectivity index (χ0) is 9.72. The smallest absolute Gasteiger partial charge is 0.328 e. The van der Waals surface area contributed by atoms with Gasteiger partial charge < -0.3 is 5.11 Å². The van der Waals surface area contributed by atoms with E-state index >= 15 is 0 Å². The van der Waals surface area contributed by atoms with Crippen LogP contribution in [-0.2, 0) is 9.59 Å². The molecule has 0 aliphatic rings. The summed E-state index contributed by atoms with van der Waals surface area (Å²) >= 11 is 7.58. The van der Waals surface area contributed by atoms with Crippen molar-refractivity contribution in [2.45, 2.75) is 19.4 Å². The highest BCUT2D eigenvalue weighted by atomic mass is 32.1. The summed E-state index contributed by atoms with van der Waals surface area (Å²) in [6.07, 6.45) is 0.237. The fourth-order valence-electron chi connectivity index (χ4n) is 0.596. The highest BCUT2D eigenvalue weighted by Gasteiger charge is 2.24. The zero-order valence-corrected chi connectivity index (χ0v) is 8.39. The van der Waals surface area contributed by atoms with Crippen LogP contribution >= 0.6 is 25.4 Å². The van der Waals surface area contributed by atoms with Gasteiger partial charge in [0.05, 0.1) is 0 Å². The number of hydrogen-bond acceptors (Lipinski definition) is 4. The van der Waals surface area contributed by atoms with E-state index in [-0.39, 0.29) is 18.1 Å². The Balaban J connectivity index is 4.30. The largest absolute Gasteiger partial charge is 0.480 e. The molecule has 0 aromatic carbocycles. The Bertz CT molecular complexity index is 186. The Morgan fingerprint density at radius 2 is 2.08 bits per heavy atom. The second kappa shape index (κ2) is 5.31. The highest BCUT2D eigenvalue weighted by molar-refractivity contribution is 7.80. The van der Waals surface area contributed by atoms with Gasteiger partial charge in [-0.1, -0.05) is 19.7 Å². The number of carboxylic acid groups (broad SMARTS) is 1. The molecule has 0 aromatic rings. The second-order valence-corrected chi connectivity index (χ2v) is 2.92. The Kier molecular flexibility index (Phi) is 5.16. The molecule has 0 bridgehead atoms. The lowest BCUT2D eigenvalue weighted by atomic mass is 10.3. The van der Waals surface area contributed by atoms with Crippen LogP contribution in [0.15, 0.2) is 0 Å². The van der Waals surface area contributed by atoms with Gasteiger partial charge in [-0.05, 0) is 0 Å². The third-order valence-corrected chi connectivity index (χ3v) is 2.16. The van der Waals surface area contributed by atoms with Gasteiger partial charge in [-0.25, -0.2) is 4.79 Å². The molecule has 0 saturated carbocycles. The van der Waals surface area contributed by atoms with Crippen LogP contribution in [0.2, 0.25) is 0 Å². The van der Waals surface area contributed by atoms with Crippen molar-refractivity contribution in [2.24, 2.45) is 0 Å². The Labute approximate surface area is 81.9 Å². The van der Waals surface area contributed by atoms with Crippen LogP contribution in [0.3, 0.4) is 0 Å². The molecule has 0 unspecified atom stereocenters. The Hall–Kier alpha value is -0.360. The summed E-state index contributed by atoms with van der Waals surface area (Å²) in [7, 11) is 0. The molecule has 70 valence electrons. The monoisotopic (exact) mass is 209 g/mol. The molecule has 0 heterocycles. The molecule has 12 heavy (non-hydrogen) atoms. The van der Waals surface area contributed by atoms with Crippen molar-refractivity contribution in [3.05, 3.63) is 0 Å². The molecule has 0 spiro atoms. The third-order valence-electron chi connectivity index (χ3n) is 1.31. The van der Waals surface area contributed by atoms with Gasteiger partial charge in [0.25, 0.3) is 0 Å². The van der Waals surface area contributed by atoms with Crippen molar-refractivity contribution in [3.63, 3.8) is 0 Å². The first-order valence-corrected chi connectivity index (χ1v) is 4.42. The van der Waals surface area contributed by atoms with E-state index in [0.717, 1.165) is 4.31 Å². The van der Waals surface area contributed by atoms with Gasteiger partial charge in [0, 0.05) is 12.2 Å². The Morgan fingerprint density at radius 3 is 2.33 bits per heavy atom. The number of nitrogens with zero attached hydrogens (tertiary/aromatic N) is 1. The summed E-state index contributed by atoms with van der Waals surface area (Å²) < 4.78 is 0.898. The molecule has 1 N–H and O–H groups in total. The quantitative estimate of drug-likeness (QED) is 0.589. The minimum absolute atomic E-state index is 0.0601. The molecular weight excluding hydrogens is 198 g/mol. The van der Waals surface area contributed by atoms with E-state index in [2.05, 4.69) is 25.4 Å². The maximum absolute atomic E-state index is 11.0. The van der Waals surface area contributed by atoms with Gasteiger partial charge in [0.15, 0.2) is 0 Å². The van der Waals surface area contributed by atoms with Crippen LogP contribution in [-0.4, -0.2) is 33.1 Å². The van der Waals surface area contributed by atoms with Crippen molar-refractivity contribution < 1.29 is 14.7 Å². The number of thiol groups is 2. The van der Waals surface area contributed by atoms with E-state index in [1.165, 1.54) is 0 Å². The fraction of sp³-hybridized carbons (Fsp3) is 0.667. The van der Waals surface area contributed by atoms with Crippen molar-refractivity contribution in [1.29, 1.82) is 0 Å². The maximum atomic E-state index is 11.0. The number of rotatable bonds is 4. The molecule has 0 aliphatic carbocycles. The van der Waals surface area contributed by atoms with Gasteiger partial charge in [0.2, 0.25) is 5.91 Å². The number of carbonyl (C=O) groups excluding carboxylic acids is 1. The molecule has 1 amide bonds. The van der Waals surface area contributed by atoms with Crippen LogP contribution in [0, 0.1) is 0 Å². The predicted octanol–water partition coefficient (Wildman–Crippen LogP) is 0.453. The summed E-state index contributed by atoms with van der Waals surface area (Å²) in [6, 6.07) is -0.955. The van der Waals surface area contributed by atoms with E-state index < -0.39 is 12.0 Å². The first-order valence-electron chi connectivity index (χ1n) is 3.39. The topological polar surface area (TPSA) is 57.6 Å². The van der Waals surface area contributed by atoms with Crippen LogP contribution in [0.25, 0.3) is 0 Å². The van der Waals surface area contributed by atoms with Gasteiger partial charge in [-0.3, -0.25) is 9.10 Å². The third kappa shape index (κ3) is 2.94. The van der Waals surface area contributed by atoms with E-state index in [9.17, 15) is 9.59 Å². The zero-order valence-electron chi connectivity index (χ0n) is 6.60. The summed E-state index contributed by atoms with van der Waals surface area (Å²) in [5.74, 6) is -1.36. The minimum atomic E-state index is -1.10. The number of carbonyl (C=O) groups is 2. The molecule has 0 radical (unpaired) electrons. The molecule has 0 saturated heterocycles. The number of hydrogen-bond donors (Lipinski definition) is 3. The molecular formula is C6H11NO3S2. The summed E-state index contributed by atoms with van der Waals surface area (Å²) in [5.41, 5.74) is 0. The van der Waals surface area contributed by atoms with Crippen LogP contribution in [0.5, 0.6) is 0 Å².